The zero-order chi connectivity index (χ0) is 22.4. The monoisotopic (exact) mass is 499 g/mol. The van der Waals surface area contributed by atoms with Gasteiger partial charge in [0.25, 0.3) is 5.91 Å². The molecule has 0 aliphatic carbocycles. The highest BCUT2D eigenvalue weighted by Gasteiger charge is 2.19. The van der Waals surface area contributed by atoms with Crippen LogP contribution in [0.3, 0.4) is 0 Å². The topological polar surface area (TPSA) is 78.8 Å². The second kappa shape index (κ2) is 9.89. The molecule has 0 radical (unpaired) electrons. The summed E-state index contributed by atoms with van der Waals surface area (Å²) in [5, 5.41) is 3.97. The Balaban J connectivity index is 1.73. The molecule has 0 saturated heterocycles. The lowest BCUT2D eigenvalue weighted by atomic mass is 10.1. The molecule has 0 fully saturated rings. The van der Waals surface area contributed by atoms with Gasteiger partial charge in [0.1, 0.15) is 0 Å². The first-order valence-electron chi connectivity index (χ1n) is 9.45. The Labute approximate surface area is 190 Å². The zero-order valence-electron chi connectivity index (χ0n) is 17.1. The van der Waals surface area contributed by atoms with E-state index in [1.807, 2.05) is 55.5 Å². The third-order valence-electron chi connectivity index (χ3n) is 4.62. The molecule has 0 unspecified atom stereocenters. The molecule has 8 heteroatoms. The predicted octanol–water partition coefficient (Wildman–Crippen LogP) is 4.49. The van der Waals surface area contributed by atoms with E-state index in [2.05, 4.69) is 26.5 Å². The van der Waals surface area contributed by atoms with Crippen LogP contribution in [-0.2, 0) is 16.6 Å². The molecule has 160 valence electrons. The zero-order valence-corrected chi connectivity index (χ0v) is 19.5. The van der Waals surface area contributed by atoms with Crippen molar-refractivity contribution in [1.82, 2.24) is 5.43 Å². The van der Waals surface area contributed by atoms with Crippen LogP contribution in [0, 0.1) is 6.92 Å². The second-order valence-corrected chi connectivity index (χ2v) is 9.82. The summed E-state index contributed by atoms with van der Waals surface area (Å²) in [6, 6.07) is 21.5. The number of benzene rings is 3. The van der Waals surface area contributed by atoms with Gasteiger partial charge in [-0.05, 0) is 60.0 Å². The molecule has 3 aromatic carbocycles. The minimum absolute atomic E-state index is 0.216. The summed E-state index contributed by atoms with van der Waals surface area (Å²) < 4.78 is 27.0. The number of aryl methyl sites for hydroxylation is 1. The molecule has 1 amide bonds. The number of rotatable bonds is 7. The van der Waals surface area contributed by atoms with E-state index in [1.165, 1.54) is 10.6 Å². The molecule has 0 bridgehead atoms. The van der Waals surface area contributed by atoms with Gasteiger partial charge < -0.3 is 0 Å². The van der Waals surface area contributed by atoms with E-state index in [9.17, 15) is 13.2 Å². The van der Waals surface area contributed by atoms with Crippen LogP contribution in [0.2, 0.25) is 0 Å². The number of hydrogen-bond acceptors (Lipinski definition) is 4. The first-order valence-corrected chi connectivity index (χ1v) is 12.1. The lowest BCUT2D eigenvalue weighted by molar-refractivity contribution is 0.0955. The van der Waals surface area contributed by atoms with E-state index >= 15 is 0 Å². The van der Waals surface area contributed by atoms with Gasteiger partial charge in [0, 0.05) is 10.0 Å². The van der Waals surface area contributed by atoms with E-state index < -0.39 is 10.0 Å². The van der Waals surface area contributed by atoms with Gasteiger partial charge in [-0.25, -0.2) is 13.8 Å². The van der Waals surface area contributed by atoms with Crippen LogP contribution in [0.5, 0.6) is 0 Å². The number of hydrazone groups is 1. The highest BCUT2D eigenvalue weighted by atomic mass is 79.9. The van der Waals surface area contributed by atoms with Crippen LogP contribution in [0.15, 0.2) is 82.4 Å². The molecular formula is C23H22BrN3O3S. The predicted molar refractivity (Wildman–Crippen MR) is 128 cm³/mol. The van der Waals surface area contributed by atoms with Crippen LogP contribution >= 0.6 is 15.9 Å². The Morgan fingerprint density at radius 1 is 1.06 bits per heavy atom. The molecule has 0 saturated carbocycles. The molecule has 3 aromatic rings. The van der Waals surface area contributed by atoms with Crippen LogP contribution < -0.4 is 9.73 Å². The molecule has 3 rings (SSSR count). The largest absolute Gasteiger partial charge is 0.271 e. The normalized spacial score (nSPS) is 11.5. The summed E-state index contributed by atoms with van der Waals surface area (Å²) in [5.41, 5.74) is 6.10. The van der Waals surface area contributed by atoms with Gasteiger partial charge in [0.15, 0.2) is 0 Å². The second-order valence-electron chi connectivity index (χ2n) is 7.00. The molecule has 31 heavy (non-hydrogen) atoms. The molecule has 1 N–H and O–H groups in total. The Hall–Kier alpha value is -2.97. The van der Waals surface area contributed by atoms with Crippen molar-refractivity contribution in [3.63, 3.8) is 0 Å². The molecule has 0 heterocycles. The maximum Gasteiger partial charge on any atom is 0.271 e. The van der Waals surface area contributed by atoms with Crippen molar-refractivity contribution in [3.8, 4) is 0 Å². The maximum absolute atomic E-state index is 12.4. The standard InChI is InChI=1S/C23H22BrN3O3S/c1-17-6-3-4-8-20(17)16-27(31(2,29)30)22-12-10-19(11-13-22)23(28)26-25-15-18-7-5-9-21(24)14-18/h3-15H,16H2,1-2H3,(H,26,28)/b25-15-. The Morgan fingerprint density at radius 2 is 1.77 bits per heavy atom. The molecule has 0 atom stereocenters. The fourth-order valence-electron chi connectivity index (χ4n) is 2.94. The number of hydrogen-bond donors (Lipinski definition) is 1. The van der Waals surface area contributed by atoms with Gasteiger partial charge in [-0.15, -0.1) is 0 Å². The lowest BCUT2D eigenvalue weighted by Crippen LogP contribution is -2.29. The first kappa shape index (κ1) is 22.7. The number of carbonyl (C=O) groups excluding carboxylic acids is 1. The van der Waals surface area contributed by atoms with Crippen LogP contribution in [-0.4, -0.2) is 26.8 Å². The van der Waals surface area contributed by atoms with Crippen LogP contribution in [0.4, 0.5) is 5.69 Å². The van der Waals surface area contributed by atoms with Crippen molar-refractivity contribution >= 4 is 43.8 Å². The Morgan fingerprint density at radius 3 is 2.42 bits per heavy atom. The summed E-state index contributed by atoms with van der Waals surface area (Å²) in [4.78, 5) is 12.3. The van der Waals surface area contributed by atoms with Crippen molar-refractivity contribution in [2.45, 2.75) is 13.5 Å². The van der Waals surface area contributed by atoms with Gasteiger partial charge >= 0.3 is 0 Å². The van der Waals surface area contributed by atoms with Gasteiger partial charge in [0.2, 0.25) is 10.0 Å². The fourth-order valence-corrected chi connectivity index (χ4v) is 4.23. The molecule has 0 aromatic heterocycles. The molecule has 0 aliphatic heterocycles. The van der Waals surface area contributed by atoms with Gasteiger partial charge in [-0.3, -0.25) is 9.10 Å². The van der Waals surface area contributed by atoms with Crippen molar-refractivity contribution < 1.29 is 13.2 Å². The number of carbonyl (C=O) groups is 1. The maximum atomic E-state index is 12.4. The Kier molecular flexibility index (Phi) is 7.25. The van der Waals surface area contributed by atoms with Crippen molar-refractivity contribution in [1.29, 1.82) is 0 Å². The number of anilines is 1. The summed E-state index contributed by atoms with van der Waals surface area (Å²) >= 11 is 3.38. The highest BCUT2D eigenvalue weighted by molar-refractivity contribution is 9.10. The van der Waals surface area contributed by atoms with E-state index in [0.717, 1.165) is 21.2 Å². The quantitative estimate of drug-likeness (QED) is 0.384. The third kappa shape index (κ3) is 6.26. The average Bonchev–Trinajstić information content (AvgIpc) is 2.72. The number of sulfonamides is 1. The minimum atomic E-state index is -3.51. The fraction of sp³-hybridized carbons (Fsp3) is 0.130. The summed E-state index contributed by atoms with van der Waals surface area (Å²) in [7, 11) is -3.51. The van der Waals surface area contributed by atoms with Gasteiger partial charge in [-0.2, -0.15) is 5.10 Å². The van der Waals surface area contributed by atoms with Gasteiger partial charge in [-0.1, -0.05) is 52.3 Å². The molecule has 0 aliphatic rings. The smallest absolute Gasteiger partial charge is 0.267 e. The van der Waals surface area contributed by atoms with Crippen molar-refractivity contribution in [2.24, 2.45) is 5.10 Å². The number of amides is 1. The summed E-state index contributed by atoms with van der Waals surface area (Å²) in [6.45, 7) is 2.16. The summed E-state index contributed by atoms with van der Waals surface area (Å²) in [6.07, 6.45) is 2.72. The van der Waals surface area contributed by atoms with E-state index in [1.54, 1.807) is 30.5 Å². The van der Waals surface area contributed by atoms with Crippen molar-refractivity contribution in [3.05, 3.63) is 99.5 Å². The third-order valence-corrected chi connectivity index (χ3v) is 6.26. The number of halogens is 1. The average molecular weight is 500 g/mol. The molecular weight excluding hydrogens is 478 g/mol. The van der Waals surface area contributed by atoms with E-state index in [-0.39, 0.29) is 12.5 Å². The van der Waals surface area contributed by atoms with Gasteiger partial charge in [0.05, 0.1) is 24.7 Å². The minimum Gasteiger partial charge on any atom is -0.267 e. The SMILES string of the molecule is Cc1ccccc1CN(c1ccc(C(=O)N/N=C\c2cccc(Br)c2)cc1)S(C)(=O)=O. The lowest BCUT2D eigenvalue weighted by Gasteiger charge is -2.23. The number of nitrogens with zero attached hydrogens (tertiary/aromatic N) is 2. The van der Waals surface area contributed by atoms with E-state index in [4.69, 9.17) is 0 Å². The highest BCUT2D eigenvalue weighted by Crippen LogP contribution is 2.22. The van der Waals surface area contributed by atoms with Crippen LogP contribution in [0.25, 0.3) is 0 Å². The van der Waals surface area contributed by atoms with Crippen molar-refractivity contribution in [2.75, 3.05) is 10.6 Å². The van der Waals surface area contributed by atoms with Crippen LogP contribution in [0.1, 0.15) is 27.0 Å². The molecule has 6 nitrogen and oxygen atoms in total. The van der Waals surface area contributed by atoms with E-state index in [0.29, 0.717) is 11.3 Å². The molecule has 0 spiro atoms. The first-order chi connectivity index (χ1) is 14.7. The number of nitrogens with one attached hydrogen (secondary N) is 1. The Bertz CT molecular complexity index is 1210. The summed E-state index contributed by atoms with van der Waals surface area (Å²) in [5.74, 6) is -0.386.